The van der Waals surface area contributed by atoms with Crippen LogP contribution in [0, 0.1) is 6.92 Å². The topological polar surface area (TPSA) is 40.7 Å². The number of aryl methyl sites for hydroxylation is 1. The van der Waals surface area contributed by atoms with Gasteiger partial charge >= 0.3 is 0 Å². The molecule has 0 bridgehead atoms. The Bertz CT molecular complexity index is 470. The molecule has 0 amide bonds. The van der Waals surface area contributed by atoms with Crippen molar-refractivity contribution in [2.24, 2.45) is 0 Å². The number of rotatable bonds is 5. The maximum atomic E-state index is 4.41. The highest BCUT2D eigenvalue weighted by molar-refractivity contribution is 7.15. The number of hydrogen-bond donors (Lipinski definition) is 2. The average molecular weight is 249 g/mol. The van der Waals surface area contributed by atoms with Gasteiger partial charge < -0.3 is 10.3 Å². The van der Waals surface area contributed by atoms with Gasteiger partial charge in [-0.3, -0.25) is 0 Å². The van der Waals surface area contributed by atoms with Crippen molar-refractivity contribution in [1.82, 2.24) is 15.3 Å². The highest BCUT2D eigenvalue weighted by atomic mass is 32.1. The Morgan fingerprint density at radius 3 is 2.88 bits per heavy atom. The van der Waals surface area contributed by atoms with Crippen molar-refractivity contribution in [2.45, 2.75) is 33.2 Å². The first kappa shape index (κ1) is 12.3. The molecule has 0 saturated carbocycles. The van der Waals surface area contributed by atoms with Gasteiger partial charge in [-0.15, -0.1) is 11.3 Å². The summed E-state index contributed by atoms with van der Waals surface area (Å²) in [4.78, 5) is 10.4. The maximum Gasteiger partial charge on any atom is 0.107 e. The minimum atomic E-state index is 0.532. The van der Waals surface area contributed by atoms with E-state index in [4.69, 9.17) is 0 Å². The van der Waals surface area contributed by atoms with Crippen LogP contribution in [0.2, 0.25) is 0 Å². The van der Waals surface area contributed by atoms with Crippen LogP contribution in [-0.4, -0.2) is 22.6 Å². The number of nitrogens with zero attached hydrogens (tertiary/aromatic N) is 1. The van der Waals surface area contributed by atoms with E-state index in [0.29, 0.717) is 6.04 Å². The molecule has 2 rings (SSSR count). The van der Waals surface area contributed by atoms with Gasteiger partial charge in [0.25, 0.3) is 0 Å². The molecule has 0 atom stereocenters. The molecule has 0 spiro atoms. The molecule has 0 saturated heterocycles. The smallest absolute Gasteiger partial charge is 0.107 e. The van der Waals surface area contributed by atoms with Crippen LogP contribution >= 0.6 is 11.3 Å². The maximum absolute atomic E-state index is 4.41. The lowest BCUT2D eigenvalue weighted by atomic mass is 10.3. The van der Waals surface area contributed by atoms with Crippen LogP contribution in [0.25, 0.3) is 10.6 Å². The molecule has 0 unspecified atom stereocenters. The van der Waals surface area contributed by atoms with Crippen molar-refractivity contribution >= 4 is 11.3 Å². The van der Waals surface area contributed by atoms with Crippen LogP contribution in [0.4, 0.5) is 0 Å². The fourth-order valence-electron chi connectivity index (χ4n) is 1.67. The second-order valence-corrected chi connectivity index (χ2v) is 5.80. The molecule has 4 heteroatoms. The van der Waals surface area contributed by atoms with E-state index in [1.165, 1.54) is 9.75 Å². The predicted molar refractivity (Wildman–Crippen MR) is 73.5 cm³/mol. The van der Waals surface area contributed by atoms with E-state index >= 15 is 0 Å². The predicted octanol–water partition coefficient (Wildman–Crippen LogP) is 2.99. The number of hydrogen-bond acceptors (Lipinski definition) is 3. The third-order valence-corrected chi connectivity index (χ3v) is 3.58. The lowest BCUT2D eigenvalue weighted by Gasteiger charge is -2.05. The second-order valence-electron chi connectivity index (χ2n) is 4.51. The van der Waals surface area contributed by atoms with E-state index in [2.05, 4.69) is 48.2 Å². The van der Waals surface area contributed by atoms with E-state index in [1.807, 2.05) is 6.20 Å². The van der Waals surface area contributed by atoms with Gasteiger partial charge in [0.15, 0.2) is 0 Å². The molecule has 2 aromatic heterocycles. The van der Waals surface area contributed by atoms with Crippen molar-refractivity contribution in [3.8, 4) is 10.6 Å². The molecular weight excluding hydrogens is 230 g/mol. The summed E-state index contributed by atoms with van der Waals surface area (Å²) in [6, 6.07) is 4.81. The van der Waals surface area contributed by atoms with Gasteiger partial charge in [0.2, 0.25) is 0 Å². The fraction of sp³-hybridized carbons (Fsp3) is 0.462. The van der Waals surface area contributed by atoms with Crippen molar-refractivity contribution in [1.29, 1.82) is 0 Å². The molecule has 92 valence electrons. The number of nitrogens with one attached hydrogen (secondary N) is 2. The van der Waals surface area contributed by atoms with Gasteiger partial charge in [-0.1, -0.05) is 13.8 Å². The summed E-state index contributed by atoms with van der Waals surface area (Å²) in [5.41, 5.74) is 1.13. The Kier molecular flexibility index (Phi) is 3.97. The third kappa shape index (κ3) is 3.41. The zero-order valence-corrected chi connectivity index (χ0v) is 11.4. The summed E-state index contributed by atoms with van der Waals surface area (Å²) in [6.07, 6.45) is 2.87. The first-order valence-electron chi connectivity index (χ1n) is 5.99. The highest BCUT2D eigenvalue weighted by Crippen LogP contribution is 2.25. The number of aromatic amines is 1. The summed E-state index contributed by atoms with van der Waals surface area (Å²) in [7, 11) is 0. The quantitative estimate of drug-likeness (QED) is 0.855. The van der Waals surface area contributed by atoms with Crippen LogP contribution in [0.15, 0.2) is 18.3 Å². The van der Waals surface area contributed by atoms with Crippen molar-refractivity contribution in [3.63, 3.8) is 0 Å². The molecule has 3 nitrogen and oxygen atoms in total. The van der Waals surface area contributed by atoms with Gasteiger partial charge in [-0.05, 0) is 19.1 Å². The molecule has 0 aromatic carbocycles. The summed E-state index contributed by atoms with van der Waals surface area (Å²) >= 11 is 1.80. The van der Waals surface area contributed by atoms with E-state index < -0.39 is 0 Å². The highest BCUT2D eigenvalue weighted by Gasteiger charge is 2.05. The molecule has 0 fully saturated rings. The average Bonchev–Trinajstić information content (AvgIpc) is 2.86. The number of aromatic nitrogens is 2. The largest absolute Gasteiger partial charge is 0.341 e. The second kappa shape index (κ2) is 5.47. The Morgan fingerprint density at radius 1 is 1.41 bits per heavy atom. The zero-order chi connectivity index (χ0) is 12.3. The molecule has 17 heavy (non-hydrogen) atoms. The molecule has 0 aliphatic rings. The Balaban J connectivity index is 1.96. The first-order chi connectivity index (χ1) is 8.15. The van der Waals surface area contributed by atoms with E-state index in [0.717, 1.165) is 24.5 Å². The van der Waals surface area contributed by atoms with Crippen LogP contribution in [0.3, 0.4) is 0 Å². The minimum Gasteiger partial charge on any atom is -0.341 e. The van der Waals surface area contributed by atoms with Gasteiger partial charge in [0.1, 0.15) is 5.82 Å². The molecular formula is C13H19N3S. The van der Waals surface area contributed by atoms with Crippen molar-refractivity contribution in [3.05, 3.63) is 29.0 Å². The summed E-state index contributed by atoms with van der Waals surface area (Å²) < 4.78 is 0. The molecule has 0 radical (unpaired) electrons. The summed E-state index contributed by atoms with van der Waals surface area (Å²) in [6.45, 7) is 7.40. The van der Waals surface area contributed by atoms with Gasteiger partial charge in [-0.25, -0.2) is 4.98 Å². The standard InChI is InChI=1S/C13H19N3S/c1-9(2)14-7-6-13-15-8-11(16-13)12-5-4-10(3)17-12/h4-5,8-9,14H,6-7H2,1-3H3,(H,15,16). The van der Waals surface area contributed by atoms with Crippen LogP contribution in [0.5, 0.6) is 0 Å². The Labute approximate surface area is 106 Å². The Morgan fingerprint density at radius 2 is 2.24 bits per heavy atom. The lowest BCUT2D eigenvalue weighted by molar-refractivity contribution is 0.584. The third-order valence-electron chi connectivity index (χ3n) is 2.55. The molecule has 0 aliphatic carbocycles. The van der Waals surface area contributed by atoms with Gasteiger partial charge in [-0.2, -0.15) is 0 Å². The number of thiophene rings is 1. The van der Waals surface area contributed by atoms with Crippen molar-refractivity contribution in [2.75, 3.05) is 6.54 Å². The van der Waals surface area contributed by atoms with Crippen LogP contribution in [0.1, 0.15) is 24.5 Å². The van der Waals surface area contributed by atoms with E-state index in [-0.39, 0.29) is 0 Å². The van der Waals surface area contributed by atoms with Gasteiger partial charge in [0.05, 0.1) is 16.8 Å². The molecule has 2 N–H and O–H groups in total. The normalized spacial score (nSPS) is 11.3. The first-order valence-corrected chi connectivity index (χ1v) is 6.81. The van der Waals surface area contributed by atoms with Crippen molar-refractivity contribution < 1.29 is 0 Å². The molecule has 0 aliphatic heterocycles. The summed E-state index contributed by atoms with van der Waals surface area (Å²) in [5, 5.41) is 3.39. The van der Waals surface area contributed by atoms with E-state index in [1.54, 1.807) is 11.3 Å². The molecule has 2 heterocycles. The van der Waals surface area contributed by atoms with E-state index in [9.17, 15) is 0 Å². The minimum absolute atomic E-state index is 0.532. The van der Waals surface area contributed by atoms with Gasteiger partial charge in [0, 0.05) is 23.9 Å². The lowest BCUT2D eigenvalue weighted by Crippen LogP contribution is -2.25. The fourth-order valence-corrected chi connectivity index (χ4v) is 2.51. The van der Waals surface area contributed by atoms with Crippen LogP contribution in [-0.2, 0) is 6.42 Å². The Hall–Kier alpha value is -1.13. The SMILES string of the molecule is Cc1ccc(-c2cnc(CCNC(C)C)[nH]2)s1. The zero-order valence-electron chi connectivity index (χ0n) is 10.6. The number of imidazole rings is 1. The number of H-pyrrole nitrogens is 1. The molecule has 2 aromatic rings. The van der Waals surface area contributed by atoms with Crippen LogP contribution < -0.4 is 5.32 Å². The summed E-state index contributed by atoms with van der Waals surface area (Å²) in [5.74, 6) is 1.05. The monoisotopic (exact) mass is 249 g/mol.